The first-order valence-electron chi connectivity index (χ1n) is 13.2. The fourth-order valence-electron chi connectivity index (χ4n) is 5.33. The highest BCUT2D eigenvalue weighted by molar-refractivity contribution is 6.42. The van der Waals surface area contributed by atoms with E-state index in [4.69, 9.17) is 56.6 Å². The minimum absolute atomic E-state index is 0.422. The Labute approximate surface area is 255 Å². The van der Waals surface area contributed by atoms with Crippen molar-refractivity contribution < 1.29 is 28.4 Å². The second-order valence-electron chi connectivity index (χ2n) is 9.62. The molecule has 0 saturated heterocycles. The molecular weight excluding hydrogens is 579 g/mol. The molecule has 3 aromatic carbocycles. The Morgan fingerprint density at radius 3 is 1.79 bits per heavy atom. The SMILES string of the molecule is COc1cc(/C=C2\CCCC3=C(c4cc(OC)c(OC)c(OC)c4)Nc4cc(Cl)c(Cl)cc4N=C32)cc(OC)c1OC. The third-order valence-electron chi connectivity index (χ3n) is 7.28. The minimum Gasteiger partial charge on any atom is -0.493 e. The Morgan fingerprint density at radius 1 is 0.690 bits per heavy atom. The van der Waals surface area contributed by atoms with Crippen LogP contribution in [0.1, 0.15) is 30.4 Å². The molecule has 0 aromatic heterocycles. The number of fused-ring (bicyclic) bond motifs is 2. The molecule has 0 amide bonds. The van der Waals surface area contributed by atoms with Crippen molar-refractivity contribution in [3.8, 4) is 34.5 Å². The highest BCUT2D eigenvalue weighted by Crippen LogP contribution is 2.46. The number of hydrogen-bond acceptors (Lipinski definition) is 8. The maximum atomic E-state index is 6.46. The predicted octanol–water partition coefficient (Wildman–Crippen LogP) is 8.22. The van der Waals surface area contributed by atoms with E-state index in [2.05, 4.69) is 11.4 Å². The maximum absolute atomic E-state index is 6.46. The number of ether oxygens (including phenoxy) is 6. The van der Waals surface area contributed by atoms with Gasteiger partial charge in [0.25, 0.3) is 0 Å². The summed E-state index contributed by atoms with van der Waals surface area (Å²) in [5, 5.41) is 4.45. The summed E-state index contributed by atoms with van der Waals surface area (Å²) in [6.45, 7) is 0. The smallest absolute Gasteiger partial charge is 0.203 e. The van der Waals surface area contributed by atoms with E-state index in [0.717, 1.165) is 58.6 Å². The van der Waals surface area contributed by atoms with E-state index < -0.39 is 0 Å². The van der Waals surface area contributed by atoms with Crippen molar-refractivity contribution in [3.63, 3.8) is 0 Å². The monoisotopic (exact) mass is 610 g/mol. The summed E-state index contributed by atoms with van der Waals surface area (Å²) in [6, 6.07) is 11.3. The second kappa shape index (κ2) is 12.5. The van der Waals surface area contributed by atoms with E-state index in [1.807, 2.05) is 24.3 Å². The summed E-state index contributed by atoms with van der Waals surface area (Å²) in [4.78, 5) is 5.16. The maximum Gasteiger partial charge on any atom is 0.203 e. The van der Waals surface area contributed by atoms with Crippen LogP contribution in [-0.2, 0) is 0 Å². The number of rotatable bonds is 8. The largest absolute Gasteiger partial charge is 0.493 e. The van der Waals surface area contributed by atoms with Crippen LogP contribution >= 0.6 is 23.2 Å². The van der Waals surface area contributed by atoms with Crippen molar-refractivity contribution in [3.05, 3.63) is 68.7 Å². The molecule has 220 valence electrons. The summed E-state index contributed by atoms with van der Waals surface area (Å²) in [7, 11) is 9.58. The Balaban J connectivity index is 1.75. The molecule has 10 heteroatoms. The van der Waals surface area contributed by atoms with Crippen molar-refractivity contribution in [1.29, 1.82) is 0 Å². The Morgan fingerprint density at radius 2 is 1.24 bits per heavy atom. The molecule has 1 heterocycles. The van der Waals surface area contributed by atoms with Gasteiger partial charge in [0.05, 0.1) is 75.5 Å². The molecule has 1 saturated carbocycles. The first-order chi connectivity index (χ1) is 20.3. The zero-order valence-corrected chi connectivity index (χ0v) is 25.8. The Bertz CT molecular complexity index is 1580. The molecular formula is C32H32Cl2N2O6. The molecule has 3 aromatic rings. The lowest BCUT2D eigenvalue weighted by atomic mass is 9.84. The number of benzene rings is 3. The van der Waals surface area contributed by atoms with Crippen molar-refractivity contribution in [2.45, 2.75) is 19.3 Å². The van der Waals surface area contributed by atoms with Crippen molar-refractivity contribution in [1.82, 2.24) is 0 Å². The van der Waals surface area contributed by atoms with Gasteiger partial charge in [0.2, 0.25) is 11.5 Å². The lowest BCUT2D eigenvalue weighted by molar-refractivity contribution is 0.324. The van der Waals surface area contributed by atoms with Crippen LogP contribution in [0.4, 0.5) is 11.4 Å². The van der Waals surface area contributed by atoms with Gasteiger partial charge in [-0.3, -0.25) is 0 Å². The van der Waals surface area contributed by atoms with Crippen molar-refractivity contribution >= 4 is 52.1 Å². The molecule has 8 nitrogen and oxygen atoms in total. The van der Waals surface area contributed by atoms with Gasteiger partial charge in [-0.1, -0.05) is 23.2 Å². The van der Waals surface area contributed by atoms with Crippen LogP contribution in [-0.4, -0.2) is 48.4 Å². The van der Waals surface area contributed by atoms with E-state index in [1.165, 1.54) is 0 Å². The van der Waals surface area contributed by atoms with E-state index in [-0.39, 0.29) is 0 Å². The van der Waals surface area contributed by atoms with Crippen LogP contribution in [0.25, 0.3) is 11.8 Å². The Kier molecular flexibility index (Phi) is 8.75. The number of nitrogens with one attached hydrogen (secondary N) is 1. The van der Waals surface area contributed by atoms with E-state index in [0.29, 0.717) is 50.2 Å². The molecule has 2 aliphatic rings. The average Bonchev–Trinajstić information content (AvgIpc) is 3.17. The summed E-state index contributed by atoms with van der Waals surface area (Å²) >= 11 is 12.9. The van der Waals surface area contributed by atoms with E-state index >= 15 is 0 Å². The topological polar surface area (TPSA) is 79.8 Å². The molecule has 1 aliphatic carbocycles. The van der Waals surface area contributed by atoms with Gasteiger partial charge in [-0.15, -0.1) is 0 Å². The van der Waals surface area contributed by atoms with Crippen LogP contribution in [0.2, 0.25) is 10.0 Å². The fraction of sp³-hybridized carbons (Fsp3) is 0.281. The van der Waals surface area contributed by atoms with Gasteiger partial charge in [0.15, 0.2) is 23.0 Å². The van der Waals surface area contributed by atoms with E-state index in [1.54, 1.807) is 54.8 Å². The van der Waals surface area contributed by atoms with Gasteiger partial charge in [-0.2, -0.15) is 0 Å². The number of nitrogens with zero attached hydrogens (tertiary/aromatic N) is 1. The Hall–Kier alpha value is -4.01. The molecule has 0 atom stereocenters. The number of anilines is 1. The zero-order valence-electron chi connectivity index (χ0n) is 24.3. The van der Waals surface area contributed by atoms with Crippen LogP contribution in [0.5, 0.6) is 34.5 Å². The van der Waals surface area contributed by atoms with Crippen LogP contribution in [0.3, 0.4) is 0 Å². The van der Waals surface area contributed by atoms with Crippen LogP contribution in [0.15, 0.2) is 52.5 Å². The predicted molar refractivity (Wildman–Crippen MR) is 168 cm³/mol. The minimum atomic E-state index is 0.422. The molecule has 1 fully saturated rings. The van der Waals surface area contributed by atoms with Gasteiger partial charge < -0.3 is 33.7 Å². The summed E-state index contributed by atoms with van der Waals surface area (Å²) in [6.07, 6.45) is 4.63. The molecule has 1 aliphatic heterocycles. The number of aliphatic imine (C=N–C) groups is 1. The van der Waals surface area contributed by atoms with Crippen LogP contribution in [0, 0.1) is 0 Å². The normalized spacial score (nSPS) is 15.1. The second-order valence-corrected chi connectivity index (χ2v) is 10.4. The number of halogens is 2. The number of allylic oxidation sites excluding steroid dienone is 2. The average molecular weight is 612 g/mol. The molecule has 1 N–H and O–H groups in total. The number of methoxy groups -OCH3 is 6. The van der Waals surface area contributed by atoms with E-state index in [9.17, 15) is 0 Å². The summed E-state index contributed by atoms with van der Waals surface area (Å²) in [5.41, 5.74) is 6.95. The highest BCUT2D eigenvalue weighted by atomic mass is 35.5. The zero-order chi connectivity index (χ0) is 30.0. The van der Waals surface area contributed by atoms with Gasteiger partial charge in [-0.25, -0.2) is 4.99 Å². The van der Waals surface area contributed by atoms with Crippen LogP contribution < -0.4 is 33.7 Å². The lowest BCUT2D eigenvalue weighted by Crippen LogP contribution is -2.16. The summed E-state index contributed by atoms with van der Waals surface area (Å²) < 4.78 is 33.6. The quantitative estimate of drug-likeness (QED) is 0.275. The number of hydrogen-bond donors (Lipinski definition) is 1. The molecule has 0 radical (unpaired) electrons. The standard InChI is InChI=1S/C32H32Cl2N2O6/c1-37-25-11-17(12-26(38-2)31(25)41-5)10-18-8-7-9-20-29(18)35-23-15-21(33)22(34)16-24(23)36-30(20)19-13-27(39-3)32(42-6)28(14-19)40-4/h10-16,36H,7-9H2,1-6H3/b18-10+. The fourth-order valence-corrected chi connectivity index (χ4v) is 5.65. The van der Waals surface area contributed by atoms with Gasteiger partial charge in [0.1, 0.15) is 0 Å². The van der Waals surface area contributed by atoms with Gasteiger partial charge >= 0.3 is 0 Å². The first kappa shape index (κ1) is 29.5. The van der Waals surface area contributed by atoms with Crippen molar-refractivity contribution in [2.24, 2.45) is 4.99 Å². The van der Waals surface area contributed by atoms with Gasteiger partial charge in [-0.05, 0) is 72.9 Å². The third kappa shape index (κ3) is 5.44. The summed E-state index contributed by atoms with van der Waals surface area (Å²) in [5.74, 6) is 3.28. The molecule has 0 spiro atoms. The molecule has 42 heavy (non-hydrogen) atoms. The lowest BCUT2D eigenvalue weighted by Gasteiger charge is -2.24. The van der Waals surface area contributed by atoms with Crippen molar-refractivity contribution in [2.75, 3.05) is 48.0 Å². The molecule has 0 unspecified atom stereocenters. The molecule has 5 rings (SSSR count). The highest BCUT2D eigenvalue weighted by Gasteiger charge is 2.28. The third-order valence-corrected chi connectivity index (χ3v) is 8.00. The van der Waals surface area contributed by atoms with Gasteiger partial charge in [0, 0.05) is 11.1 Å². The first-order valence-corrected chi connectivity index (χ1v) is 14.0. The molecule has 0 bridgehead atoms.